The van der Waals surface area contributed by atoms with Gasteiger partial charge in [0.25, 0.3) is 0 Å². The molecule has 4 nitrogen and oxygen atoms in total. The van der Waals surface area contributed by atoms with Crippen LogP contribution in [0, 0.1) is 0 Å². The summed E-state index contributed by atoms with van der Waals surface area (Å²) in [5.74, 6) is -0.758. The number of halogens is 2. The second kappa shape index (κ2) is 6.48. The lowest BCUT2D eigenvalue weighted by Gasteiger charge is -2.27. The molecule has 0 aliphatic carbocycles. The van der Waals surface area contributed by atoms with Gasteiger partial charge in [-0.1, -0.05) is 0 Å². The molecule has 2 N–H and O–H groups in total. The number of carboxylic acid groups (broad SMARTS) is 1. The molecule has 12 heavy (non-hydrogen) atoms. The zero-order valence-electron chi connectivity index (χ0n) is 6.82. The summed E-state index contributed by atoms with van der Waals surface area (Å²) in [6, 6.07) is -0.376. The Hall–Kier alpha value is -0.0300. The van der Waals surface area contributed by atoms with E-state index in [1.165, 1.54) is 0 Å². The van der Waals surface area contributed by atoms with Crippen molar-refractivity contribution in [3.05, 3.63) is 0 Å². The maximum atomic E-state index is 10.4. The van der Waals surface area contributed by atoms with Crippen molar-refractivity contribution in [2.24, 2.45) is 0 Å². The number of carbonyl (C=O) groups is 1. The van der Waals surface area contributed by atoms with E-state index in [1.54, 1.807) is 0 Å². The molecule has 0 unspecified atom stereocenters. The molecule has 0 amide bonds. The third-order valence-corrected chi connectivity index (χ3v) is 1.68. The summed E-state index contributed by atoms with van der Waals surface area (Å²) in [7, 11) is 1.93. The lowest BCUT2D eigenvalue weighted by atomic mass is 10.2. The van der Waals surface area contributed by atoms with Crippen molar-refractivity contribution in [2.75, 3.05) is 26.7 Å². The highest BCUT2D eigenvalue weighted by atomic mass is 35.5. The summed E-state index contributed by atoms with van der Waals surface area (Å²) in [4.78, 5) is 12.4. The van der Waals surface area contributed by atoms with Crippen molar-refractivity contribution >= 4 is 30.8 Å². The first-order valence-corrected chi connectivity index (χ1v) is 3.35. The zero-order valence-corrected chi connectivity index (χ0v) is 8.45. The summed E-state index contributed by atoms with van der Waals surface area (Å²) in [6.45, 7) is 2.31. The van der Waals surface area contributed by atoms with Crippen LogP contribution in [0.1, 0.15) is 0 Å². The van der Waals surface area contributed by atoms with Crippen LogP contribution in [-0.2, 0) is 4.79 Å². The third kappa shape index (κ3) is 4.11. The summed E-state index contributed by atoms with van der Waals surface area (Å²) in [5.41, 5.74) is 0. The monoisotopic (exact) mass is 216 g/mol. The minimum Gasteiger partial charge on any atom is -0.480 e. The number of aliphatic carboxylic acids is 1. The highest BCUT2D eigenvalue weighted by Gasteiger charge is 2.21. The van der Waals surface area contributed by atoms with Crippen molar-refractivity contribution in [3.8, 4) is 0 Å². The first-order chi connectivity index (χ1) is 4.70. The Morgan fingerprint density at radius 1 is 1.58 bits per heavy atom. The second-order valence-electron chi connectivity index (χ2n) is 2.61. The number of nitrogens with one attached hydrogen (secondary N) is 1. The molecule has 0 saturated carbocycles. The number of nitrogens with zero attached hydrogens (tertiary/aromatic N) is 1. The molecule has 1 saturated heterocycles. The van der Waals surface area contributed by atoms with Crippen LogP contribution in [0.5, 0.6) is 0 Å². The highest BCUT2D eigenvalue weighted by Crippen LogP contribution is 1.94. The molecule has 1 fully saturated rings. The number of hydrogen-bond acceptors (Lipinski definition) is 3. The normalized spacial score (nSPS) is 23.6. The lowest BCUT2D eigenvalue weighted by Crippen LogP contribution is -2.52. The fraction of sp³-hybridized carbons (Fsp3) is 0.833. The van der Waals surface area contributed by atoms with Gasteiger partial charge in [0.05, 0.1) is 0 Å². The molecule has 1 aliphatic rings. The fourth-order valence-electron chi connectivity index (χ4n) is 1.06. The predicted octanol–water partition coefficient (Wildman–Crippen LogP) is -0.182. The van der Waals surface area contributed by atoms with Crippen LogP contribution in [0.15, 0.2) is 0 Å². The first-order valence-electron chi connectivity index (χ1n) is 3.35. The van der Waals surface area contributed by atoms with Crippen LogP contribution >= 0.6 is 24.8 Å². The minimum absolute atomic E-state index is 0. The van der Waals surface area contributed by atoms with Crippen LogP contribution in [0.2, 0.25) is 0 Å². The first kappa shape index (κ1) is 14.5. The molecule has 0 radical (unpaired) electrons. The average Bonchev–Trinajstić information content (AvgIpc) is 1.88. The molecule has 0 aromatic carbocycles. The van der Waals surface area contributed by atoms with Crippen molar-refractivity contribution < 1.29 is 9.90 Å². The number of likely N-dealkylation sites (N-methyl/N-ethyl adjacent to an activating group) is 1. The summed E-state index contributed by atoms with van der Waals surface area (Å²) >= 11 is 0. The van der Waals surface area contributed by atoms with Gasteiger partial charge in [-0.3, -0.25) is 4.79 Å². The van der Waals surface area contributed by atoms with Crippen molar-refractivity contribution in [2.45, 2.75) is 6.04 Å². The molecule has 0 aromatic heterocycles. The zero-order chi connectivity index (χ0) is 7.56. The van der Waals surface area contributed by atoms with E-state index >= 15 is 0 Å². The molecule has 0 bridgehead atoms. The Labute approximate surface area is 84.1 Å². The molecule has 1 aliphatic heterocycles. The fourth-order valence-corrected chi connectivity index (χ4v) is 1.06. The van der Waals surface area contributed by atoms with Gasteiger partial charge in [-0.05, 0) is 7.05 Å². The summed E-state index contributed by atoms with van der Waals surface area (Å²) < 4.78 is 0. The molecule has 0 spiro atoms. The number of hydrogen-bond donors (Lipinski definition) is 2. The molecule has 1 rings (SSSR count). The van der Waals surface area contributed by atoms with Crippen molar-refractivity contribution in [3.63, 3.8) is 0 Å². The van der Waals surface area contributed by atoms with Gasteiger partial charge in [-0.25, -0.2) is 0 Å². The quantitative estimate of drug-likeness (QED) is 0.639. The minimum atomic E-state index is -0.758. The van der Waals surface area contributed by atoms with Crippen LogP contribution in [0.4, 0.5) is 0 Å². The van der Waals surface area contributed by atoms with E-state index in [1.807, 2.05) is 11.9 Å². The second-order valence-corrected chi connectivity index (χ2v) is 2.61. The van der Waals surface area contributed by atoms with Crippen molar-refractivity contribution in [1.29, 1.82) is 0 Å². The largest absolute Gasteiger partial charge is 0.480 e. The van der Waals surface area contributed by atoms with Crippen LogP contribution < -0.4 is 5.32 Å². The Morgan fingerprint density at radius 3 is 2.50 bits per heavy atom. The van der Waals surface area contributed by atoms with E-state index in [9.17, 15) is 4.79 Å². The van der Waals surface area contributed by atoms with E-state index in [0.717, 1.165) is 13.1 Å². The van der Waals surface area contributed by atoms with Gasteiger partial charge in [-0.15, -0.1) is 24.8 Å². The molecule has 1 heterocycles. The average molecular weight is 217 g/mol. The predicted molar refractivity (Wildman–Crippen MR) is 51.4 cm³/mol. The van der Waals surface area contributed by atoms with Crippen molar-refractivity contribution in [1.82, 2.24) is 10.2 Å². The van der Waals surface area contributed by atoms with E-state index in [4.69, 9.17) is 5.11 Å². The number of rotatable bonds is 1. The highest BCUT2D eigenvalue weighted by molar-refractivity contribution is 5.85. The maximum Gasteiger partial charge on any atom is 0.322 e. The van der Waals surface area contributed by atoms with Gasteiger partial charge < -0.3 is 15.3 Å². The molecular weight excluding hydrogens is 203 g/mol. The van der Waals surface area contributed by atoms with Crippen LogP contribution in [0.25, 0.3) is 0 Å². The maximum absolute atomic E-state index is 10.4. The summed E-state index contributed by atoms with van der Waals surface area (Å²) in [6.07, 6.45) is 0. The molecule has 1 atom stereocenters. The molecule has 74 valence electrons. The number of carboxylic acids is 1. The smallest absolute Gasteiger partial charge is 0.322 e. The van der Waals surface area contributed by atoms with E-state index in [-0.39, 0.29) is 30.9 Å². The van der Waals surface area contributed by atoms with Gasteiger partial charge in [0.2, 0.25) is 0 Å². The third-order valence-electron chi connectivity index (χ3n) is 1.68. The van der Waals surface area contributed by atoms with E-state index < -0.39 is 5.97 Å². The molecule has 6 heteroatoms. The van der Waals surface area contributed by atoms with Gasteiger partial charge in [0, 0.05) is 19.6 Å². The standard InChI is InChI=1S/C6H12N2O2.2ClH/c1-8-3-2-7-5(4-8)6(9)10;;/h5,7H,2-4H2,1H3,(H,9,10);2*1H/t5-;;/m1../s1. The number of piperazine rings is 1. The van der Waals surface area contributed by atoms with Gasteiger partial charge in [-0.2, -0.15) is 0 Å². The van der Waals surface area contributed by atoms with Gasteiger partial charge in [0.1, 0.15) is 6.04 Å². The summed E-state index contributed by atoms with van der Waals surface area (Å²) in [5, 5.41) is 11.5. The molecule has 0 aromatic rings. The topological polar surface area (TPSA) is 52.6 Å². The van der Waals surface area contributed by atoms with Crippen LogP contribution in [0.3, 0.4) is 0 Å². The van der Waals surface area contributed by atoms with E-state index in [2.05, 4.69) is 5.32 Å². The van der Waals surface area contributed by atoms with Gasteiger partial charge in [0.15, 0.2) is 0 Å². The SMILES string of the molecule is CN1CCN[C@@H](C(=O)O)C1.Cl.Cl. The van der Waals surface area contributed by atoms with Gasteiger partial charge >= 0.3 is 5.97 Å². The Balaban J connectivity index is 0. The Morgan fingerprint density at radius 2 is 2.17 bits per heavy atom. The van der Waals surface area contributed by atoms with E-state index in [0.29, 0.717) is 6.54 Å². The lowest BCUT2D eigenvalue weighted by molar-refractivity contribution is -0.140. The molecular formula is C6H14Cl2N2O2. The Bertz CT molecular complexity index is 146. The van der Waals surface area contributed by atoms with Crippen LogP contribution in [-0.4, -0.2) is 48.7 Å². The Kier molecular flexibility index (Phi) is 7.83.